The summed E-state index contributed by atoms with van der Waals surface area (Å²) in [5.74, 6) is -1.52. The van der Waals surface area contributed by atoms with Crippen molar-refractivity contribution < 1.29 is 19.8 Å². The number of nitrogens with zero attached hydrogens (tertiary/aromatic N) is 1. The molecule has 0 aromatic heterocycles. The van der Waals surface area contributed by atoms with E-state index in [4.69, 9.17) is 10.8 Å². The molecule has 80 valence electrons. The molecule has 0 aromatic rings. The molecular formula is C8H14N2O4. The summed E-state index contributed by atoms with van der Waals surface area (Å²) in [7, 11) is 0. The molecule has 4 N–H and O–H groups in total. The quantitative estimate of drug-likeness (QED) is 0.510. The van der Waals surface area contributed by atoms with Gasteiger partial charge in [-0.2, -0.15) is 0 Å². The van der Waals surface area contributed by atoms with Gasteiger partial charge in [0.1, 0.15) is 0 Å². The molecule has 3 atom stereocenters. The molecule has 0 spiro atoms. The lowest BCUT2D eigenvalue weighted by atomic mass is 10.1. The van der Waals surface area contributed by atoms with Crippen LogP contribution < -0.4 is 5.73 Å². The zero-order valence-corrected chi connectivity index (χ0v) is 7.88. The first-order chi connectivity index (χ1) is 6.43. The van der Waals surface area contributed by atoms with Gasteiger partial charge in [-0.15, -0.1) is 0 Å². The first-order valence-electron chi connectivity index (χ1n) is 4.39. The predicted molar refractivity (Wildman–Crippen MR) is 47.4 cm³/mol. The topological polar surface area (TPSA) is 104 Å². The summed E-state index contributed by atoms with van der Waals surface area (Å²) in [5, 5.41) is 18.0. The second-order valence-corrected chi connectivity index (χ2v) is 3.53. The van der Waals surface area contributed by atoms with E-state index in [0.29, 0.717) is 0 Å². The van der Waals surface area contributed by atoms with Gasteiger partial charge in [-0.3, -0.25) is 4.79 Å². The number of aliphatic carboxylic acids is 1. The van der Waals surface area contributed by atoms with Gasteiger partial charge in [-0.25, -0.2) is 4.79 Å². The standard InChI is InChI=1S/C8H14N2O4/c1-4(11)7(8(13)14)10-3-5(9)2-6(10)12/h4-5,7,11H,2-3,9H2,1H3,(H,13,14)/t4-,5?,7-/m0/s1. The van der Waals surface area contributed by atoms with E-state index in [1.165, 1.54) is 6.92 Å². The maximum atomic E-state index is 11.3. The monoisotopic (exact) mass is 202 g/mol. The Bertz CT molecular complexity index is 254. The van der Waals surface area contributed by atoms with Crippen molar-refractivity contribution in [2.45, 2.75) is 31.5 Å². The second kappa shape index (κ2) is 3.93. The normalized spacial score (nSPS) is 26.4. The number of amides is 1. The number of hydrogen-bond acceptors (Lipinski definition) is 4. The van der Waals surface area contributed by atoms with Gasteiger partial charge in [0.25, 0.3) is 0 Å². The van der Waals surface area contributed by atoms with Crippen LogP contribution >= 0.6 is 0 Å². The minimum Gasteiger partial charge on any atom is -0.480 e. The molecule has 0 aromatic carbocycles. The summed E-state index contributed by atoms with van der Waals surface area (Å²) in [6, 6.07) is -1.51. The molecule has 14 heavy (non-hydrogen) atoms. The van der Waals surface area contributed by atoms with Crippen molar-refractivity contribution in [1.29, 1.82) is 0 Å². The largest absolute Gasteiger partial charge is 0.480 e. The van der Waals surface area contributed by atoms with Crippen LogP contribution in [0.3, 0.4) is 0 Å². The van der Waals surface area contributed by atoms with Gasteiger partial charge in [0.15, 0.2) is 6.04 Å². The van der Waals surface area contributed by atoms with E-state index in [9.17, 15) is 14.7 Å². The number of carbonyl (C=O) groups is 2. The van der Waals surface area contributed by atoms with Crippen LogP contribution in [0.25, 0.3) is 0 Å². The molecule has 0 aliphatic carbocycles. The van der Waals surface area contributed by atoms with Crippen LogP contribution in [0.2, 0.25) is 0 Å². The predicted octanol–water partition coefficient (Wildman–Crippen LogP) is -1.62. The molecule has 1 heterocycles. The van der Waals surface area contributed by atoms with Gasteiger partial charge in [-0.1, -0.05) is 0 Å². The third-order valence-electron chi connectivity index (χ3n) is 2.23. The molecule has 0 bridgehead atoms. The lowest BCUT2D eigenvalue weighted by Crippen LogP contribution is -2.49. The van der Waals surface area contributed by atoms with Gasteiger partial charge in [0.2, 0.25) is 5.91 Å². The summed E-state index contributed by atoms with van der Waals surface area (Å²) >= 11 is 0. The molecule has 0 saturated carbocycles. The Hall–Kier alpha value is -1.14. The first kappa shape index (κ1) is 10.9. The minimum absolute atomic E-state index is 0.149. The maximum absolute atomic E-state index is 11.3. The number of aliphatic hydroxyl groups excluding tert-OH is 1. The zero-order valence-electron chi connectivity index (χ0n) is 7.88. The lowest BCUT2D eigenvalue weighted by molar-refractivity contribution is -0.152. The number of carboxylic acid groups (broad SMARTS) is 1. The van der Waals surface area contributed by atoms with Crippen molar-refractivity contribution in [3.8, 4) is 0 Å². The Kier molecular flexibility index (Phi) is 3.07. The number of likely N-dealkylation sites (tertiary alicyclic amines) is 1. The molecule has 1 amide bonds. The van der Waals surface area contributed by atoms with E-state index < -0.39 is 18.1 Å². The number of aliphatic hydroxyl groups is 1. The van der Waals surface area contributed by atoms with Crippen LogP contribution in [0, 0.1) is 0 Å². The smallest absolute Gasteiger partial charge is 0.329 e. The highest BCUT2D eigenvalue weighted by Crippen LogP contribution is 2.15. The molecule has 6 heteroatoms. The molecule has 1 aliphatic rings. The molecule has 1 rings (SSSR count). The highest BCUT2D eigenvalue weighted by molar-refractivity contribution is 5.86. The molecule has 1 unspecified atom stereocenters. The molecular weight excluding hydrogens is 188 g/mol. The Balaban J connectivity index is 2.79. The highest BCUT2D eigenvalue weighted by atomic mass is 16.4. The van der Waals surface area contributed by atoms with Gasteiger partial charge in [-0.05, 0) is 6.92 Å². The summed E-state index contributed by atoms with van der Waals surface area (Å²) < 4.78 is 0. The Morgan fingerprint density at radius 2 is 2.29 bits per heavy atom. The van der Waals surface area contributed by atoms with E-state index in [1.54, 1.807) is 0 Å². The van der Waals surface area contributed by atoms with Crippen LogP contribution in [-0.4, -0.2) is 51.7 Å². The van der Waals surface area contributed by atoms with Crippen LogP contribution in [0.1, 0.15) is 13.3 Å². The van der Waals surface area contributed by atoms with E-state index in [1.807, 2.05) is 0 Å². The first-order valence-corrected chi connectivity index (χ1v) is 4.39. The number of carboxylic acids is 1. The van der Waals surface area contributed by atoms with Gasteiger partial charge < -0.3 is 20.8 Å². The third kappa shape index (κ3) is 2.02. The zero-order chi connectivity index (χ0) is 10.9. The number of hydrogen-bond donors (Lipinski definition) is 3. The van der Waals surface area contributed by atoms with Gasteiger partial charge in [0, 0.05) is 19.0 Å². The van der Waals surface area contributed by atoms with Crippen molar-refractivity contribution in [3.05, 3.63) is 0 Å². The summed E-state index contributed by atoms with van der Waals surface area (Å²) in [5.41, 5.74) is 5.52. The highest BCUT2D eigenvalue weighted by Gasteiger charge is 2.38. The van der Waals surface area contributed by atoms with Crippen LogP contribution in [0.4, 0.5) is 0 Å². The van der Waals surface area contributed by atoms with Gasteiger partial charge >= 0.3 is 5.97 Å². The van der Waals surface area contributed by atoms with Gasteiger partial charge in [0.05, 0.1) is 6.10 Å². The van der Waals surface area contributed by atoms with Crippen molar-refractivity contribution in [2.75, 3.05) is 6.54 Å². The number of rotatable bonds is 3. The van der Waals surface area contributed by atoms with Crippen molar-refractivity contribution in [3.63, 3.8) is 0 Å². The SMILES string of the molecule is C[C@H](O)[C@@H](C(=O)O)N1CC(N)CC1=O. The van der Waals surface area contributed by atoms with E-state index in [-0.39, 0.29) is 24.9 Å². The third-order valence-corrected chi connectivity index (χ3v) is 2.23. The summed E-state index contributed by atoms with van der Waals surface area (Å²) in [6.07, 6.45) is -0.946. The molecule has 1 fully saturated rings. The summed E-state index contributed by atoms with van der Waals surface area (Å²) in [6.45, 7) is 1.54. The lowest BCUT2D eigenvalue weighted by Gasteiger charge is -2.26. The minimum atomic E-state index is -1.21. The second-order valence-electron chi connectivity index (χ2n) is 3.53. The molecule has 1 aliphatic heterocycles. The van der Waals surface area contributed by atoms with E-state index in [0.717, 1.165) is 4.90 Å². The molecule has 1 saturated heterocycles. The van der Waals surface area contributed by atoms with Crippen molar-refractivity contribution in [2.24, 2.45) is 5.73 Å². The fraction of sp³-hybridized carbons (Fsp3) is 0.750. The average molecular weight is 202 g/mol. The van der Waals surface area contributed by atoms with Crippen molar-refractivity contribution in [1.82, 2.24) is 4.90 Å². The number of nitrogens with two attached hydrogens (primary N) is 1. The van der Waals surface area contributed by atoms with Crippen molar-refractivity contribution >= 4 is 11.9 Å². The Morgan fingerprint density at radius 1 is 1.71 bits per heavy atom. The average Bonchev–Trinajstić information content (AvgIpc) is 2.29. The fourth-order valence-corrected chi connectivity index (χ4v) is 1.63. The van der Waals surface area contributed by atoms with Crippen LogP contribution in [-0.2, 0) is 9.59 Å². The van der Waals surface area contributed by atoms with E-state index >= 15 is 0 Å². The van der Waals surface area contributed by atoms with Crippen LogP contribution in [0.5, 0.6) is 0 Å². The number of carbonyl (C=O) groups excluding carboxylic acids is 1. The fourth-order valence-electron chi connectivity index (χ4n) is 1.63. The molecule has 6 nitrogen and oxygen atoms in total. The Morgan fingerprint density at radius 3 is 2.57 bits per heavy atom. The molecule has 0 radical (unpaired) electrons. The Labute approximate surface area is 81.3 Å². The maximum Gasteiger partial charge on any atom is 0.329 e. The summed E-state index contributed by atoms with van der Waals surface area (Å²) in [4.78, 5) is 23.2. The van der Waals surface area contributed by atoms with E-state index in [2.05, 4.69) is 0 Å². The van der Waals surface area contributed by atoms with Crippen LogP contribution in [0.15, 0.2) is 0 Å².